The van der Waals surface area contributed by atoms with Gasteiger partial charge in [0.05, 0.1) is 23.4 Å². The molecule has 38 heavy (non-hydrogen) atoms. The number of nitrogens with one attached hydrogen (secondary N) is 1. The van der Waals surface area contributed by atoms with Gasteiger partial charge in [0.1, 0.15) is 16.3 Å². The van der Waals surface area contributed by atoms with Gasteiger partial charge in [-0.3, -0.25) is 9.35 Å². The highest BCUT2D eigenvalue weighted by Gasteiger charge is 2.22. The van der Waals surface area contributed by atoms with Crippen LogP contribution in [0.3, 0.4) is 0 Å². The number of anilines is 1. The Morgan fingerprint density at radius 1 is 1.03 bits per heavy atom. The van der Waals surface area contributed by atoms with Crippen LogP contribution in [-0.2, 0) is 16.5 Å². The molecule has 0 bridgehead atoms. The number of carbonyl (C=O) groups excluding carboxylic acids is 1. The number of hydrogen-bond acceptors (Lipinski definition) is 7. The summed E-state index contributed by atoms with van der Waals surface area (Å²) in [7, 11) is -3.29. The second kappa shape index (κ2) is 11.0. The van der Waals surface area contributed by atoms with Crippen molar-refractivity contribution in [3.8, 4) is 11.5 Å². The van der Waals surface area contributed by atoms with Crippen molar-refractivity contribution in [2.24, 2.45) is 10.2 Å². The second-order valence-corrected chi connectivity index (χ2v) is 10.3. The van der Waals surface area contributed by atoms with Crippen molar-refractivity contribution in [3.63, 3.8) is 0 Å². The van der Waals surface area contributed by atoms with E-state index in [1.807, 2.05) is 0 Å². The van der Waals surface area contributed by atoms with Crippen molar-refractivity contribution in [1.82, 2.24) is 0 Å². The van der Waals surface area contributed by atoms with Gasteiger partial charge in [-0.1, -0.05) is 60.5 Å². The number of methoxy groups -OCH3 is 1. The van der Waals surface area contributed by atoms with E-state index >= 15 is 0 Å². The van der Waals surface area contributed by atoms with Crippen LogP contribution in [0.25, 0.3) is 10.8 Å². The Bertz CT molecular complexity index is 1710. The molecule has 0 aliphatic rings. The lowest BCUT2D eigenvalue weighted by Gasteiger charge is -2.14. The first-order chi connectivity index (χ1) is 18.0. The van der Waals surface area contributed by atoms with Crippen molar-refractivity contribution >= 4 is 67.1 Å². The van der Waals surface area contributed by atoms with Gasteiger partial charge < -0.3 is 15.2 Å². The van der Waals surface area contributed by atoms with Crippen molar-refractivity contribution < 1.29 is 27.6 Å². The van der Waals surface area contributed by atoms with E-state index in [-0.39, 0.29) is 38.4 Å². The van der Waals surface area contributed by atoms with E-state index in [4.69, 9.17) is 27.9 Å². The van der Waals surface area contributed by atoms with Crippen LogP contribution in [-0.4, -0.2) is 31.1 Å². The molecule has 196 valence electrons. The van der Waals surface area contributed by atoms with Gasteiger partial charge in [-0.2, -0.15) is 8.42 Å². The smallest absolute Gasteiger partial charge is 0.296 e. The van der Waals surface area contributed by atoms with Crippen molar-refractivity contribution in [1.29, 1.82) is 0 Å². The normalized spacial score (nSPS) is 11.7. The molecule has 0 spiro atoms. The van der Waals surface area contributed by atoms with Gasteiger partial charge in [0.15, 0.2) is 11.5 Å². The number of halogens is 2. The summed E-state index contributed by atoms with van der Waals surface area (Å²) in [5.41, 5.74) is 0.347. The van der Waals surface area contributed by atoms with Crippen molar-refractivity contribution in [2.45, 2.75) is 18.2 Å². The fourth-order valence-electron chi connectivity index (χ4n) is 3.90. The molecule has 4 aromatic rings. The third kappa shape index (κ3) is 5.44. The average Bonchev–Trinajstić information content (AvgIpc) is 2.87. The van der Waals surface area contributed by atoms with Gasteiger partial charge in [0.2, 0.25) is 0 Å². The molecule has 0 aromatic heterocycles. The number of para-hydroxylation sites is 1. The second-order valence-electron chi connectivity index (χ2n) is 8.06. The first-order valence-corrected chi connectivity index (χ1v) is 13.3. The molecule has 0 unspecified atom stereocenters. The zero-order chi connectivity index (χ0) is 27.6. The highest BCUT2D eigenvalue weighted by molar-refractivity contribution is 7.86. The monoisotopic (exact) mass is 573 g/mol. The summed E-state index contributed by atoms with van der Waals surface area (Å²) >= 11 is 12.2. The Balaban J connectivity index is 1.87. The minimum Gasteiger partial charge on any atom is -0.505 e. The maximum Gasteiger partial charge on any atom is 0.296 e. The molecule has 0 aliphatic carbocycles. The number of fused-ring (bicyclic) bond motifs is 1. The van der Waals surface area contributed by atoms with E-state index in [2.05, 4.69) is 15.5 Å². The van der Waals surface area contributed by atoms with Crippen LogP contribution in [0.4, 0.5) is 17.1 Å². The summed E-state index contributed by atoms with van der Waals surface area (Å²) < 4.78 is 39.1. The van der Waals surface area contributed by atoms with Crippen LogP contribution in [0, 0.1) is 0 Å². The van der Waals surface area contributed by atoms with E-state index in [1.54, 1.807) is 49.4 Å². The average molecular weight is 574 g/mol. The summed E-state index contributed by atoms with van der Waals surface area (Å²) in [6.45, 7) is 1.75. The molecule has 0 radical (unpaired) electrons. The molecule has 0 saturated carbocycles. The Morgan fingerprint density at radius 3 is 2.42 bits per heavy atom. The zero-order valence-electron chi connectivity index (χ0n) is 20.1. The van der Waals surface area contributed by atoms with Gasteiger partial charge in [-0.15, -0.1) is 10.2 Å². The fraction of sp³-hybridized carbons (Fsp3) is 0.115. The summed E-state index contributed by atoms with van der Waals surface area (Å²) in [6.07, 6.45) is 0.327. The highest BCUT2D eigenvalue weighted by atomic mass is 35.5. The highest BCUT2D eigenvalue weighted by Crippen LogP contribution is 2.42. The number of rotatable bonds is 7. The number of nitrogens with zero attached hydrogens (tertiary/aromatic N) is 2. The number of azo groups is 1. The van der Waals surface area contributed by atoms with Crippen LogP contribution in [0.2, 0.25) is 10.0 Å². The predicted octanol–water partition coefficient (Wildman–Crippen LogP) is 7.34. The summed E-state index contributed by atoms with van der Waals surface area (Å²) in [5.74, 6) is -0.925. The molecule has 9 nitrogen and oxygen atoms in total. The van der Waals surface area contributed by atoms with Crippen LogP contribution in [0.1, 0.15) is 22.8 Å². The molecule has 0 atom stereocenters. The minimum absolute atomic E-state index is 0.0791. The summed E-state index contributed by atoms with van der Waals surface area (Å²) in [6, 6.07) is 15.7. The number of amides is 1. The van der Waals surface area contributed by atoms with E-state index < -0.39 is 26.7 Å². The lowest BCUT2D eigenvalue weighted by atomic mass is 10.0. The third-order valence-electron chi connectivity index (χ3n) is 5.69. The Morgan fingerprint density at radius 2 is 1.74 bits per heavy atom. The number of phenolic OH excluding ortho intramolecular Hbond substituents is 1. The van der Waals surface area contributed by atoms with Crippen LogP contribution in [0.15, 0.2) is 75.8 Å². The molecule has 4 aromatic carbocycles. The standard InChI is InChI=1S/C26H21Cl2N3O6S/c1-3-14-11-16(27)13-21(38(34,35)36)22(14)30-31-23-17-8-5-4-7-15(17)12-18(24(23)32)26(33)29-20-10-6-9-19(28)25(20)37-2/h4-13,32H,3H2,1-2H3,(H,29,33)(H,34,35,36). The van der Waals surface area contributed by atoms with Gasteiger partial charge in [-0.25, -0.2) is 0 Å². The lowest BCUT2D eigenvalue weighted by Crippen LogP contribution is -2.13. The quantitative estimate of drug-likeness (QED) is 0.156. The number of benzene rings is 4. The predicted molar refractivity (Wildman–Crippen MR) is 146 cm³/mol. The molecular weight excluding hydrogens is 553 g/mol. The molecule has 0 fully saturated rings. The van der Waals surface area contributed by atoms with Gasteiger partial charge >= 0.3 is 0 Å². The number of hydrogen-bond donors (Lipinski definition) is 3. The molecule has 1 amide bonds. The zero-order valence-corrected chi connectivity index (χ0v) is 22.4. The molecule has 0 heterocycles. The van der Waals surface area contributed by atoms with Crippen LogP contribution >= 0.6 is 23.2 Å². The first kappa shape index (κ1) is 27.3. The van der Waals surface area contributed by atoms with Crippen LogP contribution in [0.5, 0.6) is 11.5 Å². The molecule has 3 N–H and O–H groups in total. The first-order valence-electron chi connectivity index (χ1n) is 11.1. The largest absolute Gasteiger partial charge is 0.505 e. The number of carbonyl (C=O) groups is 1. The third-order valence-corrected chi connectivity index (χ3v) is 7.07. The summed E-state index contributed by atoms with van der Waals surface area (Å²) in [4.78, 5) is 12.7. The molecule has 0 aliphatic heterocycles. The molecule has 12 heteroatoms. The molecule has 4 rings (SSSR count). The lowest BCUT2D eigenvalue weighted by molar-refractivity contribution is 0.102. The Hall–Kier alpha value is -3.70. The Kier molecular flexibility index (Phi) is 7.89. The number of phenols is 1. The van der Waals surface area contributed by atoms with Gasteiger partial charge in [-0.05, 0) is 47.7 Å². The number of aryl methyl sites for hydroxylation is 1. The summed E-state index contributed by atoms with van der Waals surface area (Å²) in [5, 5.41) is 23.4. The maximum atomic E-state index is 13.2. The minimum atomic E-state index is -4.70. The van der Waals surface area contributed by atoms with E-state index in [9.17, 15) is 22.9 Å². The molecule has 0 saturated heterocycles. The van der Waals surface area contributed by atoms with E-state index in [1.165, 1.54) is 19.2 Å². The van der Waals surface area contributed by atoms with Crippen molar-refractivity contribution in [2.75, 3.05) is 12.4 Å². The van der Waals surface area contributed by atoms with Crippen LogP contribution < -0.4 is 10.1 Å². The topological polar surface area (TPSA) is 138 Å². The number of ether oxygens (including phenoxy) is 1. The Labute approximate surface area is 228 Å². The van der Waals surface area contributed by atoms with Gasteiger partial charge in [0.25, 0.3) is 16.0 Å². The number of aromatic hydroxyl groups is 1. The van der Waals surface area contributed by atoms with E-state index in [0.717, 1.165) is 6.07 Å². The van der Waals surface area contributed by atoms with Gasteiger partial charge in [0, 0.05) is 10.4 Å². The molecular formula is C26H21Cl2N3O6S. The SMILES string of the molecule is CCc1cc(Cl)cc(S(=O)(=O)O)c1N=Nc1c(O)c(C(=O)Nc2cccc(Cl)c2OC)cc2ccccc12. The van der Waals surface area contributed by atoms with E-state index in [0.29, 0.717) is 22.8 Å². The van der Waals surface area contributed by atoms with Crippen molar-refractivity contribution in [3.05, 3.63) is 81.8 Å². The maximum absolute atomic E-state index is 13.2. The fourth-order valence-corrected chi connectivity index (χ4v) is 5.15.